The molecule has 1 N–H and O–H groups in total. The largest absolute Gasteiger partial charge is 0.486 e. The van der Waals surface area contributed by atoms with Crippen molar-refractivity contribution in [3.63, 3.8) is 0 Å². The first-order chi connectivity index (χ1) is 12.8. The zero-order valence-corrected chi connectivity index (χ0v) is 14.7. The number of ether oxygens (including phenoxy) is 3. The maximum Gasteiger partial charge on any atom is 0.222 e. The molecule has 0 saturated carbocycles. The maximum atomic E-state index is 12.6. The molecule has 26 heavy (non-hydrogen) atoms. The molecule has 1 aromatic carbocycles. The topological polar surface area (TPSA) is 61.7 Å². The molecule has 1 aromatic heterocycles. The Morgan fingerprint density at radius 1 is 1.12 bits per heavy atom. The van der Waals surface area contributed by atoms with Crippen LogP contribution in [-0.4, -0.2) is 42.9 Å². The lowest BCUT2D eigenvalue weighted by molar-refractivity contribution is -0.125. The third-order valence-corrected chi connectivity index (χ3v) is 5.16. The van der Waals surface area contributed by atoms with Crippen molar-refractivity contribution in [2.75, 3.05) is 26.4 Å². The van der Waals surface area contributed by atoms with Gasteiger partial charge in [0.1, 0.15) is 12.7 Å². The van der Waals surface area contributed by atoms with Gasteiger partial charge >= 0.3 is 0 Å². The van der Waals surface area contributed by atoms with E-state index in [0.29, 0.717) is 32.8 Å². The Kier molecular flexibility index (Phi) is 4.84. The molecular weight excluding hydrogens is 332 g/mol. The summed E-state index contributed by atoms with van der Waals surface area (Å²) in [7, 11) is 0. The first-order valence-corrected chi connectivity index (χ1v) is 9.12. The number of carbonyl (C=O) groups excluding carboxylic acids is 1. The molecule has 6 heteroatoms. The van der Waals surface area contributed by atoms with Gasteiger partial charge in [-0.05, 0) is 37.1 Å². The molecule has 138 valence electrons. The molecular formula is C20H24N2O4. The van der Waals surface area contributed by atoms with Gasteiger partial charge in [-0.15, -0.1) is 0 Å². The van der Waals surface area contributed by atoms with Crippen molar-refractivity contribution < 1.29 is 19.0 Å². The second-order valence-electron chi connectivity index (χ2n) is 6.91. The highest BCUT2D eigenvalue weighted by molar-refractivity contribution is 5.77. The molecule has 1 fully saturated rings. The van der Waals surface area contributed by atoms with Crippen LogP contribution in [0.2, 0.25) is 0 Å². The van der Waals surface area contributed by atoms with Crippen LogP contribution in [0.3, 0.4) is 0 Å². The summed E-state index contributed by atoms with van der Waals surface area (Å²) < 4.78 is 19.3. The van der Waals surface area contributed by atoms with E-state index < -0.39 is 0 Å². The van der Waals surface area contributed by atoms with Gasteiger partial charge in [-0.3, -0.25) is 4.79 Å². The van der Waals surface area contributed by atoms with Crippen LogP contribution in [0.5, 0.6) is 11.5 Å². The zero-order chi connectivity index (χ0) is 17.8. The number of amides is 1. The van der Waals surface area contributed by atoms with Crippen molar-refractivity contribution in [1.29, 1.82) is 0 Å². The number of aromatic nitrogens is 1. The molecule has 6 nitrogen and oxygen atoms in total. The van der Waals surface area contributed by atoms with Gasteiger partial charge in [0.2, 0.25) is 5.91 Å². The van der Waals surface area contributed by atoms with E-state index in [0.717, 1.165) is 24.3 Å². The summed E-state index contributed by atoms with van der Waals surface area (Å²) in [4.78, 5) is 12.6. The molecule has 0 unspecified atom stereocenters. The summed E-state index contributed by atoms with van der Waals surface area (Å²) in [5, 5.41) is 3.02. The van der Waals surface area contributed by atoms with Crippen LogP contribution in [0.1, 0.15) is 19.3 Å². The highest BCUT2D eigenvalue weighted by Crippen LogP contribution is 2.33. The molecule has 0 spiro atoms. The smallest absolute Gasteiger partial charge is 0.222 e. The van der Waals surface area contributed by atoms with Crippen LogP contribution in [0.15, 0.2) is 48.8 Å². The summed E-state index contributed by atoms with van der Waals surface area (Å²) in [5.41, 5.74) is -0.206. The Hall–Kier alpha value is -2.47. The Morgan fingerprint density at radius 2 is 1.85 bits per heavy atom. The van der Waals surface area contributed by atoms with Gasteiger partial charge in [0.15, 0.2) is 11.5 Å². The van der Waals surface area contributed by atoms with E-state index in [4.69, 9.17) is 14.2 Å². The van der Waals surface area contributed by atoms with Gasteiger partial charge < -0.3 is 24.1 Å². The predicted molar refractivity (Wildman–Crippen MR) is 96.4 cm³/mol. The van der Waals surface area contributed by atoms with Crippen LogP contribution in [0.4, 0.5) is 0 Å². The number of benzene rings is 1. The van der Waals surface area contributed by atoms with Gasteiger partial charge in [0, 0.05) is 25.6 Å². The molecule has 2 aromatic rings. The quantitative estimate of drug-likeness (QED) is 0.893. The number of rotatable bonds is 5. The van der Waals surface area contributed by atoms with E-state index in [1.54, 1.807) is 0 Å². The Labute approximate surface area is 153 Å². The minimum atomic E-state index is -0.206. The van der Waals surface area contributed by atoms with Crippen molar-refractivity contribution >= 4 is 5.91 Å². The lowest BCUT2D eigenvalue weighted by atomic mass is 9.86. The van der Waals surface area contributed by atoms with E-state index in [1.807, 2.05) is 48.8 Å². The van der Waals surface area contributed by atoms with E-state index in [1.165, 1.54) is 0 Å². The molecule has 0 bridgehead atoms. The van der Waals surface area contributed by atoms with Crippen LogP contribution in [0.25, 0.3) is 0 Å². The minimum Gasteiger partial charge on any atom is -0.486 e. The third-order valence-electron chi connectivity index (χ3n) is 5.16. The lowest BCUT2D eigenvalue weighted by Crippen LogP contribution is -2.46. The highest BCUT2D eigenvalue weighted by atomic mass is 16.6. The number of nitrogens with zero attached hydrogens (tertiary/aromatic N) is 1. The van der Waals surface area contributed by atoms with Crippen LogP contribution >= 0.6 is 0 Å². The SMILES string of the molecule is O=C(CC1(n2cccc2)CCOCC1)NC[C@@H]1COc2ccccc2O1. The van der Waals surface area contributed by atoms with Crippen molar-refractivity contribution in [2.45, 2.75) is 30.9 Å². The molecule has 1 saturated heterocycles. The number of hydrogen-bond donors (Lipinski definition) is 1. The number of carbonyl (C=O) groups is 1. The standard InChI is InChI=1S/C20H24N2O4/c23-19(13-20(7-11-24-12-8-20)22-9-3-4-10-22)21-14-16-15-25-17-5-1-2-6-18(17)26-16/h1-6,9-10,16H,7-8,11-15H2,(H,21,23)/t16-/m1/s1. The monoisotopic (exact) mass is 356 g/mol. The van der Waals surface area contributed by atoms with E-state index in [2.05, 4.69) is 9.88 Å². The van der Waals surface area contributed by atoms with Crippen molar-refractivity contribution in [2.24, 2.45) is 0 Å². The lowest BCUT2D eigenvalue weighted by Gasteiger charge is -2.38. The molecule has 2 aliphatic rings. The summed E-state index contributed by atoms with van der Waals surface area (Å²) >= 11 is 0. The van der Waals surface area contributed by atoms with Crippen LogP contribution < -0.4 is 14.8 Å². The fourth-order valence-electron chi connectivity index (χ4n) is 3.68. The molecule has 0 aliphatic carbocycles. The van der Waals surface area contributed by atoms with Crippen LogP contribution in [-0.2, 0) is 15.1 Å². The fraction of sp³-hybridized carbons (Fsp3) is 0.450. The van der Waals surface area contributed by atoms with Gasteiger partial charge in [-0.2, -0.15) is 0 Å². The average molecular weight is 356 g/mol. The minimum absolute atomic E-state index is 0.0306. The van der Waals surface area contributed by atoms with Gasteiger partial charge in [-0.1, -0.05) is 12.1 Å². The predicted octanol–water partition coefficient (Wildman–Crippen LogP) is 2.34. The van der Waals surface area contributed by atoms with E-state index >= 15 is 0 Å². The van der Waals surface area contributed by atoms with Gasteiger partial charge in [0.05, 0.1) is 18.5 Å². The molecule has 1 atom stereocenters. The first-order valence-electron chi connectivity index (χ1n) is 9.12. The fourth-order valence-corrected chi connectivity index (χ4v) is 3.68. The second kappa shape index (κ2) is 7.41. The van der Waals surface area contributed by atoms with Crippen molar-refractivity contribution in [3.05, 3.63) is 48.8 Å². The molecule has 2 aliphatic heterocycles. The van der Waals surface area contributed by atoms with E-state index in [9.17, 15) is 4.79 Å². The summed E-state index contributed by atoms with van der Waals surface area (Å²) in [6.07, 6.45) is 6.01. The Balaban J connectivity index is 1.35. The van der Waals surface area contributed by atoms with E-state index in [-0.39, 0.29) is 17.6 Å². The van der Waals surface area contributed by atoms with Gasteiger partial charge in [-0.25, -0.2) is 0 Å². The van der Waals surface area contributed by atoms with Gasteiger partial charge in [0.25, 0.3) is 0 Å². The molecule has 4 rings (SSSR count). The maximum absolute atomic E-state index is 12.6. The summed E-state index contributed by atoms with van der Waals surface area (Å²) in [6, 6.07) is 11.6. The number of fused-ring (bicyclic) bond motifs is 1. The zero-order valence-electron chi connectivity index (χ0n) is 14.7. The first kappa shape index (κ1) is 17.0. The van der Waals surface area contributed by atoms with Crippen molar-refractivity contribution in [3.8, 4) is 11.5 Å². The Morgan fingerprint density at radius 3 is 2.62 bits per heavy atom. The molecule has 1 amide bonds. The number of para-hydroxylation sites is 2. The average Bonchev–Trinajstić information content (AvgIpc) is 3.22. The summed E-state index contributed by atoms with van der Waals surface area (Å²) in [5.74, 6) is 1.51. The number of nitrogens with one attached hydrogen (secondary N) is 1. The second-order valence-corrected chi connectivity index (χ2v) is 6.91. The number of hydrogen-bond acceptors (Lipinski definition) is 4. The van der Waals surface area contributed by atoms with Crippen molar-refractivity contribution in [1.82, 2.24) is 9.88 Å². The third kappa shape index (κ3) is 3.55. The van der Waals surface area contributed by atoms with Crippen LogP contribution in [0, 0.1) is 0 Å². The normalized spacial score (nSPS) is 21.2. The molecule has 3 heterocycles. The Bertz CT molecular complexity index is 738. The molecule has 0 radical (unpaired) electrons. The summed E-state index contributed by atoms with van der Waals surface area (Å²) in [6.45, 7) is 2.24. The highest BCUT2D eigenvalue weighted by Gasteiger charge is 2.36.